The number of fused-ring (bicyclic) bond motifs is 3. The van der Waals surface area contributed by atoms with Gasteiger partial charge < -0.3 is 9.88 Å². The van der Waals surface area contributed by atoms with Gasteiger partial charge in [-0.05, 0) is 37.3 Å². The average molecular weight is 381 g/mol. The van der Waals surface area contributed by atoms with E-state index < -0.39 is 0 Å². The van der Waals surface area contributed by atoms with Crippen LogP contribution in [-0.4, -0.2) is 27.7 Å². The van der Waals surface area contributed by atoms with E-state index in [0.717, 1.165) is 21.9 Å². The molecule has 0 fully saturated rings. The van der Waals surface area contributed by atoms with Crippen LogP contribution in [0.2, 0.25) is 5.02 Å². The van der Waals surface area contributed by atoms with Crippen LogP contribution in [0.15, 0.2) is 53.5 Å². The number of carbonyl (C=O) groups is 1. The number of rotatable bonds is 3. The van der Waals surface area contributed by atoms with Crippen LogP contribution in [0.4, 0.5) is 5.69 Å². The number of nitrogens with zero attached hydrogens (tertiary/aromatic N) is 3. The zero-order valence-corrected chi connectivity index (χ0v) is 15.6. The fraction of sp³-hybridized carbons (Fsp3) is 0.150. The van der Waals surface area contributed by atoms with Gasteiger partial charge in [0, 0.05) is 34.0 Å². The van der Waals surface area contributed by atoms with Crippen LogP contribution in [0.5, 0.6) is 0 Å². The molecule has 2 aromatic heterocycles. The first-order valence-corrected chi connectivity index (χ1v) is 8.82. The van der Waals surface area contributed by atoms with Crippen molar-refractivity contribution < 1.29 is 4.79 Å². The standard InChI is InChI=1S/C20H17ClN4O2/c1-12-6-7-17-15(8-12)16-10-22-25(20(27)19(16)23-17)11-18(26)24(2)14-5-3-4-13(21)9-14/h3-10,23H,11H2,1-2H3. The molecule has 4 aromatic rings. The van der Waals surface area contributed by atoms with E-state index in [1.165, 1.54) is 9.58 Å². The predicted octanol–water partition coefficient (Wildman–Crippen LogP) is 3.50. The van der Waals surface area contributed by atoms with E-state index in [1.54, 1.807) is 37.5 Å². The Bertz CT molecular complexity index is 1240. The molecule has 0 spiro atoms. The third-order valence-electron chi connectivity index (χ3n) is 4.62. The lowest BCUT2D eigenvalue weighted by Gasteiger charge is -2.17. The first kappa shape index (κ1) is 17.3. The number of anilines is 1. The Labute approximate surface area is 160 Å². The maximum atomic E-state index is 12.8. The Kier molecular flexibility index (Phi) is 4.20. The number of carbonyl (C=O) groups excluding carboxylic acids is 1. The molecular weight excluding hydrogens is 364 g/mol. The van der Waals surface area contributed by atoms with Crippen LogP contribution in [0.25, 0.3) is 21.8 Å². The largest absolute Gasteiger partial charge is 0.350 e. The molecule has 0 saturated heterocycles. The van der Waals surface area contributed by atoms with Gasteiger partial charge in [0.15, 0.2) is 0 Å². The molecule has 4 rings (SSSR count). The smallest absolute Gasteiger partial charge is 0.291 e. The van der Waals surface area contributed by atoms with Gasteiger partial charge in [-0.15, -0.1) is 0 Å². The lowest BCUT2D eigenvalue weighted by molar-refractivity contribution is -0.119. The van der Waals surface area contributed by atoms with Crippen molar-refractivity contribution in [3.63, 3.8) is 0 Å². The molecule has 0 atom stereocenters. The quantitative estimate of drug-likeness (QED) is 0.591. The summed E-state index contributed by atoms with van der Waals surface area (Å²) in [7, 11) is 1.64. The van der Waals surface area contributed by atoms with Gasteiger partial charge >= 0.3 is 0 Å². The Morgan fingerprint density at radius 1 is 1.22 bits per heavy atom. The SMILES string of the molecule is Cc1ccc2[nH]c3c(=O)n(CC(=O)N(C)c4cccc(Cl)c4)ncc3c2c1. The summed E-state index contributed by atoms with van der Waals surface area (Å²) in [5.74, 6) is -0.266. The van der Waals surface area contributed by atoms with Crippen LogP contribution in [0.1, 0.15) is 5.56 Å². The van der Waals surface area contributed by atoms with Crippen molar-refractivity contribution >= 4 is 45.0 Å². The molecule has 6 nitrogen and oxygen atoms in total. The summed E-state index contributed by atoms with van der Waals surface area (Å²) in [5, 5.41) is 6.45. The highest BCUT2D eigenvalue weighted by Crippen LogP contribution is 2.23. The van der Waals surface area contributed by atoms with E-state index in [4.69, 9.17) is 11.6 Å². The third kappa shape index (κ3) is 3.08. The van der Waals surface area contributed by atoms with Gasteiger partial charge in [-0.3, -0.25) is 9.59 Å². The number of H-pyrrole nitrogens is 1. The van der Waals surface area contributed by atoms with E-state index >= 15 is 0 Å². The second-order valence-electron chi connectivity index (χ2n) is 6.50. The average Bonchev–Trinajstić information content (AvgIpc) is 3.02. The van der Waals surface area contributed by atoms with Crippen LogP contribution in [-0.2, 0) is 11.3 Å². The minimum absolute atomic E-state index is 0.161. The van der Waals surface area contributed by atoms with Crippen molar-refractivity contribution in [2.45, 2.75) is 13.5 Å². The lowest BCUT2D eigenvalue weighted by Crippen LogP contribution is -2.35. The maximum Gasteiger partial charge on any atom is 0.291 e. The minimum Gasteiger partial charge on any atom is -0.350 e. The van der Waals surface area contributed by atoms with E-state index in [0.29, 0.717) is 16.2 Å². The summed E-state index contributed by atoms with van der Waals surface area (Å²) in [5.41, 5.74) is 2.75. The highest BCUT2D eigenvalue weighted by molar-refractivity contribution is 6.30. The lowest BCUT2D eigenvalue weighted by atomic mass is 10.1. The number of likely N-dealkylation sites (N-methyl/N-ethyl adjacent to an activating group) is 1. The fourth-order valence-electron chi connectivity index (χ4n) is 3.11. The molecule has 27 heavy (non-hydrogen) atoms. The third-order valence-corrected chi connectivity index (χ3v) is 4.86. The van der Waals surface area contributed by atoms with Crippen molar-refractivity contribution in [1.82, 2.24) is 14.8 Å². The summed E-state index contributed by atoms with van der Waals surface area (Å²) < 4.78 is 1.17. The second-order valence-corrected chi connectivity index (χ2v) is 6.94. The molecule has 136 valence electrons. The molecule has 0 bridgehead atoms. The van der Waals surface area contributed by atoms with Crippen molar-refractivity contribution in [3.8, 4) is 0 Å². The van der Waals surface area contributed by atoms with Gasteiger partial charge in [-0.25, -0.2) is 4.68 Å². The minimum atomic E-state index is -0.325. The second kappa shape index (κ2) is 6.55. The zero-order chi connectivity index (χ0) is 19.1. The Morgan fingerprint density at radius 2 is 2.04 bits per heavy atom. The van der Waals surface area contributed by atoms with Gasteiger partial charge in [-0.1, -0.05) is 29.3 Å². The number of nitrogens with one attached hydrogen (secondary N) is 1. The monoisotopic (exact) mass is 380 g/mol. The molecule has 0 aliphatic carbocycles. The number of halogens is 1. The topological polar surface area (TPSA) is 71.0 Å². The molecule has 0 saturated carbocycles. The number of hydrogen-bond acceptors (Lipinski definition) is 3. The van der Waals surface area contributed by atoms with Gasteiger partial charge in [0.2, 0.25) is 5.91 Å². The van der Waals surface area contributed by atoms with Crippen LogP contribution < -0.4 is 10.5 Å². The van der Waals surface area contributed by atoms with Crippen LogP contribution in [0.3, 0.4) is 0 Å². The molecule has 0 aliphatic heterocycles. The molecule has 0 unspecified atom stereocenters. The van der Waals surface area contributed by atoms with Gasteiger partial charge in [0.1, 0.15) is 12.1 Å². The normalized spacial score (nSPS) is 11.2. The molecule has 2 aromatic carbocycles. The number of benzene rings is 2. The van der Waals surface area contributed by atoms with E-state index in [2.05, 4.69) is 10.1 Å². The summed E-state index contributed by atoms with van der Waals surface area (Å²) in [6.45, 7) is 1.84. The highest BCUT2D eigenvalue weighted by Gasteiger charge is 2.16. The maximum absolute atomic E-state index is 12.8. The number of aromatic amines is 1. The highest BCUT2D eigenvalue weighted by atomic mass is 35.5. The summed E-state index contributed by atoms with van der Waals surface area (Å²) in [6.07, 6.45) is 1.63. The summed E-state index contributed by atoms with van der Waals surface area (Å²) >= 11 is 5.98. The first-order valence-electron chi connectivity index (χ1n) is 8.44. The Hall–Kier alpha value is -3.12. The van der Waals surface area contributed by atoms with Crippen LogP contribution in [0, 0.1) is 6.92 Å². The van der Waals surface area contributed by atoms with E-state index in [9.17, 15) is 9.59 Å². The number of aryl methyl sites for hydroxylation is 1. The molecule has 0 aliphatic rings. The number of aromatic nitrogens is 3. The Balaban J connectivity index is 1.70. The number of hydrogen-bond donors (Lipinski definition) is 1. The molecule has 1 amide bonds. The zero-order valence-electron chi connectivity index (χ0n) is 14.9. The first-order chi connectivity index (χ1) is 12.9. The van der Waals surface area contributed by atoms with Crippen molar-refractivity contribution in [2.75, 3.05) is 11.9 Å². The van der Waals surface area contributed by atoms with Crippen LogP contribution >= 0.6 is 11.6 Å². The van der Waals surface area contributed by atoms with Crippen molar-refractivity contribution in [1.29, 1.82) is 0 Å². The van der Waals surface area contributed by atoms with E-state index in [-0.39, 0.29) is 18.0 Å². The molecular formula is C20H17ClN4O2. The summed E-state index contributed by atoms with van der Waals surface area (Å²) in [6, 6.07) is 12.9. The predicted molar refractivity (Wildman–Crippen MR) is 107 cm³/mol. The van der Waals surface area contributed by atoms with Gasteiger partial charge in [0.25, 0.3) is 5.56 Å². The molecule has 7 heteroatoms. The molecule has 1 N–H and O–H groups in total. The molecule has 0 radical (unpaired) electrons. The van der Waals surface area contributed by atoms with E-state index in [1.807, 2.05) is 25.1 Å². The fourth-order valence-corrected chi connectivity index (χ4v) is 3.30. The van der Waals surface area contributed by atoms with Crippen molar-refractivity contribution in [2.24, 2.45) is 0 Å². The molecule has 2 heterocycles. The Morgan fingerprint density at radius 3 is 2.81 bits per heavy atom. The number of amides is 1. The van der Waals surface area contributed by atoms with Gasteiger partial charge in [0.05, 0.1) is 6.20 Å². The summed E-state index contributed by atoms with van der Waals surface area (Å²) in [4.78, 5) is 30.0. The van der Waals surface area contributed by atoms with Crippen molar-refractivity contribution in [3.05, 3.63) is 69.6 Å². The van der Waals surface area contributed by atoms with Gasteiger partial charge in [-0.2, -0.15) is 5.10 Å².